The molecule has 3 heterocycles. The van der Waals surface area contributed by atoms with Gasteiger partial charge < -0.3 is 33.9 Å². The van der Waals surface area contributed by atoms with E-state index in [0.29, 0.717) is 34.7 Å². The van der Waals surface area contributed by atoms with E-state index in [1.165, 1.54) is 4.90 Å². The van der Waals surface area contributed by atoms with Crippen molar-refractivity contribution in [2.75, 3.05) is 13.2 Å². The molecule has 1 atom stereocenters. The van der Waals surface area contributed by atoms with E-state index >= 15 is 0 Å². The Morgan fingerprint density at radius 2 is 1.75 bits per heavy atom. The van der Waals surface area contributed by atoms with Gasteiger partial charge in [-0.05, 0) is 83.7 Å². The number of nitrogens with zero attached hydrogens (tertiary/aromatic N) is 2. The van der Waals surface area contributed by atoms with Crippen molar-refractivity contribution in [2.45, 2.75) is 98.5 Å². The summed E-state index contributed by atoms with van der Waals surface area (Å²) in [7, 11) is 0. The number of carbonyl (C=O) groups excluding carboxylic acids is 5. The van der Waals surface area contributed by atoms with Gasteiger partial charge in [-0.3, -0.25) is 14.4 Å². The highest BCUT2D eigenvalue weighted by molar-refractivity contribution is 6.03. The van der Waals surface area contributed by atoms with E-state index < -0.39 is 53.9 Å². The third-order valence-corrected chi connectivity index (χ3v) is 7.45. The van der Waals surface area contributed by atoms with Crippen LogP contribution in [-0.2, 0) is 46.3 Å². The van der Waals surface area contributed by atoms with Crippen LogP contribution in [0.3, 0.4) is 0 Å². The van der Waals surface area contributed by atoms with Gasteiger partial charge in [0.2, 0.25) is 0 Å². The molecule has 13 heteroatoms. The molecule has 0 saturated carbocycles. The molecule has 48 heavy (non-hydrogen) atoms. The summed E-state index contributed by atoms with van der Waals surface area (Å²) in [4.78, 5) is 69.8. The Bertz CT molecular complexity index is 1700. The highest BCUT2D eigenvalue weighted by Gasteiger charge is 2.38. The summed E-state index contributed by atoms with van der Waals surface area (Å²) in [6.07, 6.45) is -1.93. The van der Waals surface area contributed by atoms with Crippen LogP contribution < -0.4 is 10.1 Å². The third kappa shape index (κ3) is 8.50. The highest BCUT2D eigenvalue weighted by Crippen LogP contribution is 2.39. The largest absolute Gasteiger partial charge is 0.514 e. The number of esters is 2. The summed E-state index contributed by atoms with van der Waals surface area (Å²) in [6, 6.07) is 5.07. The van der Waals surface area contributed by atoms with Crippen LogP contribution in [0.4, 0.5) is 9.59 Å². The molecule has 0 saturated heterocycles. The normalized spacial score (nSPS) is 15.5. The van der Waals surface area contributed by atoms with Crippen LogP contribution in [0.2, 0.25) is 0 Å². The number of benzene rings is 1. The van der Waals surface area contributed by atoms with Crippen LogP contribution in [0.5, 0.6) is 5.75 Å². The summed E-state index contributed by atoms with van der Waals surface area (Å²) in [6.45, 7) is 17.6. The first-order valence-electron chi connectivity index (χ1n) is 15.8. The van der Waals surface area contributed by atoms with E-state index in [9.17, 15) is 24.0 Å². The number of aromatic nitrogens is 1. The zero-order valence-corrected chi connectivity index (χ0v) is 28.7. The van der Waals surface area contributed by atoms with E-state index in [-0.39, 0.29) is 31.6 Å². The minimum Gasteiger partial charge on any atom is -0.460 e. The molecule has 1 N–H and O–H groups in total. The van der Waals surface area contributed by atoms with Gasteiger partial charge >= 0.3 is 24.2 Å². The smallest absolute Gasteiger partial charge is 0.460 e. The molecular weight excluding hydrogens is 622 g/mol. The Morgan fingerprint density at radius 1 is 1.06 bits per heavy atom. The number of amides is 2. The average molecular weight is 666 g/mol. The van der Waals surface area contributed by atoms with Crippen molar-refractivity contribution in [1.82, 2.24) is 15.2 Å². The fourth-order valence-electron chi connectivity index (χ4n) is 5.46. The number of ether oxygens (including phenoxy) is 5. The lowest BCUT2D eigenvalue weighted by atomic mass is 9.95. The number of rotatable bonds is 8. The molecular formula is C35H43N3O10. The van der Waals surface area contributed by atoms with Gasteiger partial charge in [-0.15, -0.1) is 0 Å². The Balaban J connectivity index is 1.59. The van der Waals surface area contributed by atoms with Crippen molar-refractivity contribution in [1.29, 1.82) is 0 Å². The minimum atomic E-state index is -0.918. The summed E-state index contributed by atoms with van der Waals surface area (Å²) in [5.41, 5.74) is 2.28. The second-order valence-corrected chi connectivity index (χ2v) is 13.4. The summed E-state index contributed by atoms with van der Waals surface area (Å²) in [5, 5.41) is 3.11. The molecule has 0 spiro atoms. The van der Waals surface area contributed by atoms with Crippen LogP contribution in [0, 0.1) is 0 Å². The van der Waals surface area contributed by atoms with Gasteiger partial charge in [-0.2, -0.15) is 0 Å². The van der Waals surface area contributed by atoms with Crippen molar-refractivity contribution in [3.8, 4) is 5.75 Å². The maximum Gasteiger partial charge on any atom is 0.514 e. The first-order chi connectivity index (χ1) is 22.4. The quantitative estimate of drug-likeness (QED) is 0.215. The first-order valence-corrected chi connectivity index (χ1v) is 15.8. The molecule has 0 radical (unpaired) electrons. The highest BCUT2D eigenvalue weighted by atomic mass is 16.7. The number of nitrogens with one attached hydrogen (secondary N) is 1. The molecule has 0 unspecified atom stereocenters. The van der Waals surface area contributed by atoms with Crippen LogP contribution in [0.1, 0.15) is 85.1 Å². The number of cyclic esters (lactones) is 1. The number of pyridine rings is 1. The van der Waals surface area contributed by atoms with E-state index in [2.05, 4.69) is 11.9 Å². The van der Waals surface area contributed by atoms with Crippen molar-refractivity contribution in [3.63, 3.8) is 0 Å². The van der Waals surface area contributed by atoms with Crippen molar-refractivity contribution in [2.24, 2.45) is 0 Å². The van der Waals surface area contributed by atoms with Gasteiger partial charge in [-0.25, -0.2) is 14.6 Å². The third-order valence-electron chi connectivity index (χ3n) is 7.45. The van der Waals surface area contributed by atoms with Crippen LogP contribution in [0.25, 0.3) is 16.6 Å². The van der Waals surface area contributed by atoms with Crippen molar-refractivity contribution in [3.05, 3.63) is 52.7 Å². The zero-order chi connectivity index (χ0) is 35.6. The molecule has 258 valence electrons. The van der Waals surface area contributed by atoms with Gasteiger partial charge in [0, 0.05) is 10.9 Å². The van der Waals surface area contributed by atoms with Gasteiger partial charge in [-0.1, -0.05) is 20.4 Å². The number of fused-ring (bicyclic) bond motifs is 2. The van der Waals surface area contributed by atoms with Crippen molar-refractivity contribution < 1.29 is 47.7 Å². The molecule has 2 aliphatic heterocycles. The number of aryl methyl sites for hydroxylation is 1. The maximum atomic E-state index is 14.1. The van der Waals surface area contributed by atoms with Gasteiger partial charge in [0.25, 0.3) is 5.91 Å². The Morgan fingerprint density at radius 3 is 2.38 bits per heavy atom. The van der Waals surface area contributed by atoms with Gasteiger partial charge in [0.05, 0.1) is 35.4 Å². The number of hydrogen-bond donors (Lipinski definition) is 1. The predicted octanol–water partition coefficient (Wildman–Crippen LogP) is 5.51. The summed E-state index contributed by atoms with van der Waals surface area (Å²) >= 11 is 0. The minimum absolute atomic E-state index is 0.150. The molecule has 1 aromatic heterocycles. The molecule has 2 aromatic rings. The topological polar surface area (TPSA) is 160 Å². The second kappa shape index (κ2) is 14.0. The van der Waals surface area contributed by atoms with E-state index in [1.807, 2.05) is 6.92 Å². The van der Waals surface area contributed by atoms with E-state index in [1.54, 1.807) is 66.7 Å². The molecule has 2 amide bonds. The number of carbonyl (C=O) groups is 5. The van der Waals surface area contributed by atoms with Crippen LogP contribution >= 0.6 is 0 Å². The fourth-order valence-corrected chi connectivity index (χ4v) is 5.46. The molecule has 2 aliphatic rings. The first kappa shape index (κ1) is 35.9. The molecule has 13 nitrogen and oxygen atoms in total. The van der Waals surface area contributed by atoms with Crippen LogP contribution in [-0.4, -0.2) is 70.4 Å². The summed E-state index contributed by atoms with van der Waals surface area (Å²) < 4.78 is 26.7. The van der Waals surface area contributed by atoms with E-state index in [0.717, 1.165) is 16.5 Å². The molecule has 0 bridgehead atoms. The standard InChI is InChI=1S/C35H43N3O10/c1-10-21-22-14-20(45-33(43)48-35(7,8)9)12-13-26(22)37-30-19(3)38(17-24(21)30)31(41)25-18-44-28(39)15-23(25)27(11-2)46-29(40)16-36-32(42)47-34(4,5)6/h12-14,27H,3,10-11,15-18H2,1-2,4-9H3,(H,36,42)/t27-/m1/s1. The number of alkyl carbamates (subject to hydrolysis) is 1. The lowest BCUT2D eigenvalue weighted by Gasteiger charge is -2.28. The zero-order valence-electron chi connectivity index (χ0n) is 28.7. The van der Waals surface area contributed by atoms with Gasteiger partial charge in [0.1, 0.15) is 36.2 Å². The Kier molecular flexibility index (Phi) is 10.5. The molecule has 1 aromatic carbocycles. The summed E-state index contributed by atoms with van der Waals surface area (Å²) in [5.74, 6) is -1.49. The Hall–Kier alpha value is -4.94. The van der Waals surface area contributed by atoms with E-state index in [4.69, 9.17) is 28.7 Å². The van der Waals surface area contributed by atoms with Gasteiger partial charge in [0.15, 0.2) is 0 Å². The maximum absolute atomic E-state index is 14.1. The lowest BCUT2D eigenvalue weighted by Crippen LogP contribution is -2.38. The molecule has 4 rings (SSSR count). The fraction of sp³-hybridized carbons (Fsp3) is 0.486. The predicted molar refractivity (Wildman–Crippen MR) is 175 cm³/mol. The van der Waals surface area contributed by atoms with Crippen molar-refractivity contribution >= 4 is 46.7 Å². The molecule has 0 aliphatic carbocycles. The lowest BCUT2D eigenvalue weighted by molar-refractivity contribution is -0.150. The monoisotopic (exact) mass is 665 g/mol. The van der Waals surface area contributed by atoms with Crippen LogP contribution in [0.15, 0.2) is 35.9 Å². The SMILES string of the molecule is C=C1c2nc3ccc(OC(=O)OC(C)(C)C)cc3c(CC)c2CN1C(=O)C1=C([C@@H](CC)OC(=O)CNC(=O)OC(C)(C)C)CC(=O)OC1. The number of hydrogen-bond acceptors (Lipinski definition) is 11. The second-order valence-electron chi connectivity index (χ2n) is 13.4. The molecule has 0 fully saturated rings. The Labute approximate surface area is 279 Å². The average Bonchev–Trinajstić information content (AvgIpc) is 3.31.